The van der Waals surface area contributed by atoms with Crippen molar-refractivity contribution in [2.45, 2.75) is 6.92 Å². The van der Waals surface area contributed by atoms with Gasteiger partial charge >= 0.3 is 5.63 Å². The number of carbonyl (C=O) groups is 1. The van der Waals surface area contributed by atoms with Crippen molar-refractivity contribution < 1.29 is 13.9 Å². The summed E-state index contributed by atoms with van der Waals surface area (Å²) in [5, 5.41) is 3.32. The molecule has 1 N–H and O–H groups in total. The van der Waals surface area contributed by atoms with Crippen LogP contribution in [-0.2, 0) is 0 Å². The van der Waals surface area contributed by atoms with Crippen molar-refractivity contribution in [3.05, 3.63) is 67.4 Å². The standard InChI is InChI=1S/C18H13Br2NO4/c1-2-24-13-5-3-12(4-6-13)21-17(22)14-8-10-7-11(19)9-15(20)16(10)25-18(14)23/h3-9H,2H2,1H3,(H,21,22). The van der Waals surface area contributed by atoms with E-state index < -0.39 is 11.5 Å². The van der Waals surface area contributed by atoms with E-state index >= 15 is 0 Å². The Hall–Kier alpha value is -2.12. The Kier molecular flexibility index (Phi) is 5.24. The monoisotopic (exact) mass is 465 g/mol. The average Bonchev–Trinajstić information content (AvgIpc) is 2.57. The molecule has 1 amide bonds. The van der Waals surface area contributed by atoms with Crippen molar-refractivity contribution in [3.8, 4) is 5.75 Å². The average molecular weight is 467 g/mol. The number of fused-ring (bicyclic) bond motifs is 1. The number of benzene rings is 2. The van der Waals surface area contributed by atoms with Crippen LogP contribution >= 0.6 is 31.9 Å². The van der Waals surface area contributed by atoms with Gasteiger partial charge in [0.2, 0.25) is 0 Å². The van der Waals surface area contributed by atoms with Gasteiger partial charge in [0.25, 0.3) is 5.91 Å². The number of rotatable bonds is 4. The van der Waals surface area contributed by atoms with Crippen molar-refractivity contribution in [2.24, 2.45) is 0 Å². The third-order valence-electron chi connectivity index (χ3n) is 3.42. The summed E-state index contributed by atoms with van der Waals surface area (Å²) in [6, 6.07) is 12.0. The Labute approximate surface area is 160 Å². The van der Waals surface area contributed by atoms with E-state index in [1.54, 1.807) is 36.4 Å². The van der Waals surface area contributed by atoms with Crippen molar-refractivity contribution in [1.29, 1.82) is 0 Å². The van der Waals surface area contributed by atoms with Gasteiger partial charge in [-0.05, 0) is 65.3 Å². The Balaban J connectivity index is 1.91. The molecule has 0 saturated heterocycles. The maximum atomic E-state index is 12.4. The summed E-state index contributed by atoms with van der Waals surface area (Å²) in [5.41, 5.74) is 0.194. The largest absolute Gasteiger partial charge is 0.494 e. The van der Waals surface area contributed by atoms with E-state index in [2.05, 4.69) is 37.2 Å². The van der Waals surface area contributed by atoms with Crippen LogP contribution in [0.25, 0.3) is 11.0 Å². The number of hydrogen-bond donors (Lipinski definition) is 1. The fourth-order valence-electron chi connectivity index (χ4n) is 2.32. The summed E-state index contributed by atoms with van der Waals surface area (Å²) < 4.78 is 12.1. The summed E-state index contributed by atoms with van der Waals surface area (Å²) in [6.07, 6.45) is 0. The van der Waals surface area contributed by atoms with Gasteiger partial charge in [0.1, 0.15) is 11.3 Å². The van der Waals surface area contributed by atoms with Crippen LogP contribution in [0.5, 0.6) is 5.75 Å². The molecule has 0 spiro atoms. The van der Waals surface area contributed by atoms with Crippen LogP contribution in [0.2, 0.25) is 0 Å². The number of amides is 1. The number of nitrogens with one attached hydrogen (secondary N) is 1. The Morgan fingerprint density at radius 1 is 1.16 bits per heavy atom. The number of carbonyl (C=O) groups excluding carboxylic acids is 1. The molecule has 0 saturated carbocycles. The fraction of sp³-hybridized carbons (Fsp3) is 0.111. The van der Waals surface area contributed by atoms with Crippen LogP contribution < -0.4 is 15.7 Å². The first kappa shape index (κ1) is 17.7. The molecule has 3 aromatic rings. The molecule has 0 bridgehead atoms. The van der Waals surface area contributed by atoms with Crippen LogP contribution in [0.1, 0.15) is 17.3 Å². The van der Waals surface area contributed by atoms with Crippen LogP contribution in [0.4, 0.5) is 5.69 Å². The summed E-state index contributed by atoms with van der Waals surface area (Å²) >= 11 is 6.72. The minimum absolute atomic E-state index is 0.0635. The summed E-state index contributed by atoms with van der Waals surface area (Å²) in [4.78, 5) is 24.6. The van der Waals surface area contributed by atoms with Crippen LogP contribution in [0.15, 0.2) is 60.6 Å². The highest BCUT2D eigenvalue weighted by Crippen LogP contribution is 2.28. The molecule has 25 heavy (non-hydrogen) atoms. The van der Waals surface area contributed by atoms with Gasteiger partial charge in [0.15, 0.2) is 5.58 Å². The first-order valence-electron chi connectivity index (χ1n) is 7.45. The number of anilines is 1. The smallest absolute Gasteiger partial charge is 0.349 e. The third kappa shape index (κ3) is 3.93. The maximum Gasteiger partial charge on any atom is 0.349 e. The second kappa shape index (κ2) is 7.41. The molecule has 0 fully saturated rings. The first-order valence-corrected chi connectivity index (χ1v) is 9.03. The van der Waals surface area contributed by atoms with Gasteiger partial charge in [-0.2, -0.15) is 0 Å². The number of hydrogen-bond acceptors (Lipinski definition) is 4. The van der Waals surface area contributed by atoms with Gasteiger partial charge in [0.05, 0.1) is 11.1 Å². The molecule has 0 aliphatic carbocycles. The normalized spacial score (nSPS) is 10.7. The van der Waals surface area contributed by atoms with Crippen molar-refractivity contribution in [3.63, 3.8) is 0 Å². The lowest BCUT2D eigenvalue weighted by Gasteiger charge is -2.07. The van der Waals surface area contributed by atoms with Gasteiger partial charge in [-0.25, -0.2) is 4.79 Å². The van der Waals surface area contributed by atoms with E-state index in [1.165, 1.54) is 6.07 Å². The third-order valence-corrected chi connectivity index (χ3v) is 4.47. The van der Waals surface area contributed by atoms with E-state index in [4.69, 9.17) is 9.15 Å². The predicted octanol–water partition coefficient (Wildman–Crippen LogP) is 4.97. The van der Waals surface area contributed by atoms with Gasteiger partial charge in [0, 0.05) is 15.5 Å². The number of halogens is 2. The van der Waals surface area contributed by atoms with Crippen molar-refractivity contribution in [1.82, 2.24) is 0 Å². The second-order valence-corrected chi connectivity index (χ2v) is 6.94. The van der Waals surface area contributed by atoms with Crippen LogP contribution in [0, 0.1) is 0 Å². The minimum Gasteiger partial charge on any atom is -0.494 e. The first-order chi connectivity index (χ1) is 12.0. The summed E-state index contributed by atoms with van der Waals surface area (Å²) in [6.45, 7) is 2.46. The molecule has 5 nitrogen and oxygen atoms in total. The Morgan fingerprint density at radius 2 is 1.88 bits per heavy atom. The molecular formula is C18H13Br2NO4. The van der Waals surface area contributed by atoms with E-state index in [0.717, 1.165) is 4.47 Å². The van der Waals surface area contributed by atoms with Crippen molar-refractivity contribution in [2.75, 3.05) is 11.9 Å². The van der Waals surface area contributed by atoms with Crippen LogP contribution in [-0.4, -0.2) is 12.5 Å². The zero-order chi connectivity index (χ0) is 18.0. The Morgan fingerprint density at radius 3 is 2.56 bits per heavy atom. The van der Waals surface area contributed by atoms with Gasteiger partial charge in [-0.15, -0.1) is 0 Å². The topological polar surface area (TPSA) is 68.5 Å². The molecule has 2 aromatic carbocycles. The zero-order valence-electron chi connectivity index (χ0n) is 13.1. The molecule has 0 atom stereocenters. The van der Waals surface area contributed by atoms with Gasteiger partial charge in [-0.1, -0.05) is 15.9 Å². The van der Waals surface area contributed by atoms with Crippen molar-refractivity contribution >= 4 is 54.4 Å². The molecule has 0 unspecified atom stereocenters. The second-order valence-electron chi connectivity index (χ2n) is 5.17. The predicted molar refractivity (Wildman–Crippen MR) is 103 cm³/mol. The van der Waals surface area contributed by atoms with Crippen LogP contribution in [0.3, 0.4) is 0 Å². The quantitative estimate of drug-likeness (QED) is 0.551. The van der Waals surface area contributed by atoms with E-state index in [9.17, 15) is 9.59 Å². The minimum atomic E-state index is -0.695. The summed E-state index contributed by atoms with van der Waals surface area (Å²) in [7, 11) is 0. The molecule has 128 valence electrons. The molecule has 1 aromatic heterocycles. The molecule has 3 rings (SSSR count). The molecule has 7 heteroatoms. The summed E-state index contributed by atoms with van der Waals surface area (Å²) in [5.74, 6) is 0.177. The van der Waals surface area contributed by atoms with E-state index in [0.29, 0.717) is 33.5 Å². The molecule has 1 heterocycles. The highest BCUT2D eigenvalue weighted by molar-refractivity contribution is 9.11. The fourth-order valence-corrected chi connectivity index (χ4v) is 3.65. The molecule has 0 radical (unpaired) electrons. The Bertz CT molecular complexity index is 996. The lowest BCUT2D eigenvalue weighted by molar-refractivity contribution is 0.102. The SMILES string of the molecule is CCOc1ccc(NC(=O)c2cc3cc(Br)cc(Br)c3oc2=O)cc1. The highest BCUT2D eigenvalue weighted by atomic mass is 79.9. The van der Waals surface area contributed by atoms with Gasteiger partial charge < -0.3 is 14.5 Å². The molecule has 0 aliphatic heterocycles. The van der Waals surface area contributed by atoms with Gasteiger partial charge in [-0.3, -0.25) is 4.79 Å². The maximum absolute atomic E-state index is 12.4. The molecular weight excluding hydrogens is 454 g/mol. The van der Waals surface area contributed by atoms with E-state index in [-0.39, 0.29) is 5.56 Å². The lowest BCUT2D eigenvalue weighted by atomic mass is 10.1. The lowest BCUT2D eigenvalue weighted by Crippen LogP contribution is -2.20. The highest BCUT2D eigenvalue weighted by Gasteiger charge is 2.15. The molecule has 0 aliphatic rings. The number of ether oxygens (including phenoxy) is 1. The van der Waals surface area contributed by atoms with E-state index in [1.807, 2.05) is 6.92 Å². The zero-order valence-corrected chi connectivity index (χ0v) is 16.3.